The van der Waals surface area contributed by atoms with Crippen molar-refractivity contribution in [1.82, 2.24) is 10.2 Å². The smallest absolute Gasteiger partial charge is 0.379 e. The van der Waals surface area contributed by atoms with Crippen LogP contribution in [0.25, 0.3) is 0 Å². The van der Waals surface area contributed by atoms with E-state index < -0.39 is 17.2 Å². The van der Waals surface area contributed by atoms with Gasteiger partial charge in [-0.15, -0.1) is 0 Å². The van der Waals surface area contributed by atoms with E-state index in [1.165, 1.54) is 12.1 Å². The van der Waals surface area contributed by atoms with Gasteiger partial charge in [-0.05, 0) is 56.7 Å². The van der Waals surface area contributed by atoms with E-state index in [9.17, 15) is 18.0 Å². The predicted molar refractivity (Wildman–Crippen MR) is 133 cm³/mol. The zero-order chi connectivity index (χ0) is 25.9. The number of rotatable bonds is 7. The van der Waals surface area contributed by atoms with Crippen molar-refractivity contribution in [2.45, 2.75) is 70.8 Å². The molecule has 2 aliphatic heterocycles. The van der Waals surface area contributed by atoms with E-state index in [4.69, 9.17) is 9.47 Å². The number of nitrogens with zero attached hydrogens (tertiary/aromatic N) is 2. The molecule has 2 saturated heterocycles. The molecule has 1 amide bonds. The van der Waals surface area contributed by atoms with Gasteiger partial charge in [0.15, 0.2) is 0 Å². The molecule has 1 N–H and O–H groups in total. The topological polar surface area (TPSA) is 54.0 Å². The van der Waals surface area contributed by atoms with Crippen molar-refractivity contribution in [3.05, 3.63) is 29.8 Å². The van der Waals surface area contributed by atoms with Crippen molar-refractivity contribution in [3.63, 3.8) is 0 Å². The minimum absolute atomic E-state index is 0.0393. The molecule has 3 aliphatic rings. The van der Waals surface area contributed by atoms with Crippen LogP contribution in [-0.4, -0.2) is 75.0 Å². The van der Waals surface area contributed by atoms with E-state index in [1.807, 2.05) is 16.7 Å². The van der Waals surface area contributed by atoms with Crippen molar-refractivity contribution in [1.29, 1.82) is 0 Å². The lowest BCUT2D eigenvalue weighted by molar-refractivity contribution is -0.145. The molecule has 6 nitrogen and oxygen atoms in total. The van der Waals surface area contributed by atoms with Crippen LogP contribution in [0.4, 0.5) is 18.9 Å². The largest absolute Gasteiger partial charge is 0.416 e. The van der Waals surface area contributed by atoms with Crippen LogP contribution in [0.2, 0.25) is 0 Å². The third-order valence-electron chi connectivity index (χ3n) is 8.32. The number of piperazine rings is 1. The second-order valence-corrected chi connectivity index (χ2v) is 10.7. The number of carbonyl (C=O) groups excluding carboxylic acids is 1. The maximum Gasteiger partial charge on any atom is 0.416 e. The summed E-state index contributed by atoms with van der Waals surface area (Å²) in [4.78, 5) is 17.8. The number of hydrogen-bond acceptors (Lipinski definition) is 5. The Morgan fingerprint density at radius 2 is 1.97 bits per heavy atom. The van der Waals surface area contributed by atoms with Gasteiger partial charge in [0.1, 0.15) is 0 Å². The zero-order valence-corrected chi connectivity index (χ0v) is 21.7. The number of benzene rings is 1. The SMILES string of the molecule is CCOC1COCCC1NC1CC[C@@](C(=O)N2CCN(c3cccc(C(F)(F)F)c3)CC2)(C(C)C)C1. The summed E-state index contributed by atoms with van der Waals surface area (Å²) in [6.07, 6.45) is -0.827. The fourth-order valence-corrected chi connectivity index (χ4v) is 6.13. The standard InChI is InChI=1S/C27H40F3N3O3/c1-4-36-24-18-35-15-9-23(24)31-21-8-10-26(17-21,19(2)3)25(34)33-13-11-32(12-14-33)22-7-5-6-20(16-22)27(28,29)30/h5-7,16,19,21,23-24,31H,4,8-15,17-18H2,1-3H3/t21?,23?,24?,26-/m0/s1. The summed E-state index contributed by atoms with van der Waals surface area (Å²) in [6, 6.07) is 5.94. The molecule has 0 bridgehead atoms. The first-order chi connectivity index (χ1) is 17.1. The summed E-state index contributed by atoms with van der Waals surface area (Å²) in [5.74, 6) is 0.398. The molecule has 1 aromatic rings. The summed E-state index contributed by atoms with van der Waals surface area (Å²) in [7, 11) is 0. The molecule has 3 fully saturated rings. The average Bonchev–Trinajstić information content (AvgIpc) is 3.30. The highest BCUT2D eigenvalue weighted by Crippen LogP contribution is 2.46. The third kappa shape index (κ3) is 5.83. The lowest BCUT2D eigenvalue weighted by Gasteiger charge is -2.42. The number of halogens is 3. The summed E-state index contributed by atoms with van der Waals surface area (Å²) >= 11 is 0. The number of anilines is 1. The molecule has 1 saturated carbocycles. The summed E-state index contributed by atoms with van der Waals surface area (Å²) in [5.41, 5.74) is -0.499. The van der Waals surface area contributed by atoms with Gasteiger partial charge in [-0.3, -0.25) is 4.79 Å². The molecule has 3 unspecified atom stereocenters. The van der Waals surface area contributed by atoms with Gasteiger partial charge in [-0.2, -0.15) is 13.2 Å². The molecule has 1 aromatic carbocycles. The summed E-state index contributed by atoms with van der Waals surface area (Å²) in [6.45, 7) is 10.3. The Bertz CT molecular complexity index is 887. The lowest BCUT2D eigenvalue weighted by Crippen LogP contribution is -2.55. The van der Waals surface area contributed by atoms with Gasteiger partial charge in [-0.25, -0.2) is 0 Å². The van der Waals surface area contributed by atoms with Gasteiger partial charge in [-0.1, -0.05) is 19.9 Å². The lowest BCUT2D eigenvalue weighted by atomic mass is 9.74. The van der Waals surface area contributed by atoms with Crippen LogP contribution < -0.4 is 10.2 Å². The van der Waals surface area contributed by atoms with Crippen molar-refractivity contribution in [2.75, 3.05) is 50.9 Å². The molecule has 4 atom stereocenters. The van der Waals surface area contributed by atoms with Crippen LogP contribution in [0.1, 0.15) is 52.0 Å². The molecule has 9 heteroatoms. The van der Waals surface area contributed by atoms with E-state index in [0.29, 0.717) is 45.1 Å². The van der Waals surface area contributed by atoms with E-state index in [-0.39, 0.29) is 30.0 Å². The number of hydrogen-bond donors (Lipinski definition) is 1. The summed E-state index contributed by atoms with van der Waals surface area (Å²) < 4.78 is 50.9. The van der Waals surface area contributed by atoms with E-state index >= 15 is 0 Å². The molecule has 1 aliphatic carbocycles. The van der Waals surface area contributed by atoms with Crippen LogP contribution in [0.15, 0.2) is 24.3 Å². The number of nitrogens with one attached hydrogen (secondary N) is 1. The van der Waals surface area contributed by atoms with Crippen LogP contribution in [0.3, 0.4) is 0 Å². The fourth-order valence-electron chi connectivity index (χ4n) is 6.13. The van der Waals surface area contributed by atoms with Gasteiger partial charge in [0, 0.05) is 57.2 Å². The second-order valence-electron chi connectivity index (χ2n) is 10.7. The van der Waals surface area contributed by atoms with Crippen LogP contribution in [-0.2, 0) is 20.4 Å². The Labute approximate surface area is 212 Å². The highest BCUT2D eigenvalue weighted by molar-refractivity contribution is 5.84. The Hall–Kier alpha value is -1.84. The molecule has 2 heterocycles. The van der Waals surface area contributed by atoms with Crippen molar-refractivity contribution < 1.29 is 27.4 Å². The van der Waals surface area contributed by atoms with Crippen molar-refractivity contribution >= 4 is 11.6 Å². The minimum atomic E-state index is -4.36. The molecule has 0 radical (unpaired) electrons. The van der Waals surface area contributed by atoms with Crippen molar-refractivity contribution in [2.24, 2.45) is 11.3 Å². The first-order valence-electron chi connectivity index (χ1n) is 13.3. The summed E-state index contributed by atoms with van der Waals surface area (Å²) in [5, 5.41) is 3.79. The van der Waals surface area contributed by atoms with Gasteiger partial charge in [0.2, 0.25) is 5.91 Å². The molecular weight excluding hydrogens is 471 g/mol. The average molecular weight is 512 g/mol. The number of ether oxygens (including phenoxy) is 2. The first-order valence-corrected chi connectivity index (χ1v) is 13.3. The number of amides is 1. The van der Waals surface area contributed by atoms with Gasteiger partial charge in [0.05, 0.1) is 23.7 Å². The number of carbonyl (C=O) groups is 1. The maximum atomic E-state index is 13.9. The maximum absolute atomic E-state index is 13.9. The first kappa shape index (κ1) is 27.2. The van der Waals surface area contributed by atoms with Gasteiger partial charge >= 0.3 is 6.18 Å². The highest BCUT2D eigenvalue weighted by atomic mass is 19.4. The van der Waals surface area contributed by atoms with Crippen molar-refractivity contribution in [3.8, 4) is 0 Å². The molecule has 0 spiro atoms. The fraction of sp³-hybridized carbons (Fsp3) is 0.741. The predicted octanol–water partition coefficient (Wildman–Crippen LogP) is 4.33. The minimum Gasteiger partial charge on any atom is -0.379 e. The van der Waals surface area contributed by atoms with Crippen LogP contribution >= 0.6 is 0 Å². The van der Waals surface area contributed by atoms with Gasteiger partial charge < -0.3 is 24.6 Å². The number of alkyl halides is 3. The Morgan fingerprint density at radius 3 is 2.64 bits per heavy atom. The Balaban J connectivity index is 1.38. The molecule has 36 heavy (non-hydrogen) atoms. The van der Waals surface area contributed by atoms with E-state index in [2.05, 4.69) is 19.2 Å². The van der Waals surface area contributed by atoms with E-state index in [1.54, 1.807) is 6.07 Å². The Kier molecular flexibility index (Phi) is 8.52. The quantitative estimate of drug-likeness (QED) is 0.591. The van der Waals surface area contributed by atoms with E-state index in [0.717, 1.165) is 38.4 Å². The van der Waals surface area contributed by atoms with Gasteiger partial charge in [0.25, 0.3) is 0 Å². The molecule has 4 rings (SSSR count). The third-order valence-corrected chi connectivity index (χ3v) is 8.32. The normalized spacial score (nSPS) is 29.7. The molecular formula is C27H40F3N3O3. The highest BCUT2D eigenvalue weighted by Gasteiger charge is 2.50. The zero-order valence-electron chi connectivity index (χ0n) is 21.7. The monoisotopic (exact) mass is 511 g/mol. The Morgan fingerprint density at radius 1 is 1.22 bits per heavy atom. The van der Waals surface area contributed by atoms with Crippen LogP contribution in [0, 0.1) is 11.3 Å². The van der Waals surface area contributed by atoms with Crippen LogP contribution in [0.5, 0.6) is 0 Å². The molecule has 0 aromatic heterocycles. The second kappa shape index (κ2) is 11.3. The molecule has 202 valence electrons.